The molecule has 11 nitrogen and oxygen atoms in total. The largest absolute Gasteiger partial charge is 0.497 e. The summed E-state index contributed by atoms with van der Waals surface area (Å²) in [6.07, 6.45) is 1.33. The molecule has 0 saturated carbocycles. The molecule has 0 amide bonds. The molecule has 0 atom stereocenters. The predicted octanol–water partition coefficient (Wildman–Crippen LogP) is 5.14. The number of halogens is 2. The van der Waals surface area contributed by atoms with Crippen LogP contribution in [0.25, 0.3) is 5.69 Å². The Morgan fingerprint density at radius 1 is 1.13 bits per heavy atom. The number of aryl methyl sites for hydroxylation is 1. The Bertz CT molecular complexity index is 1620. The molecule has 0 aliphatic rings. The van der Waals surface area contributed by atoms with E-state index in [9.17, 15) is 22.9 Å². The number of nitrogens with zero attached hydrogens (tertiary/aromatic N) is 4. The van der Waals surface area contributed by atoms with E-state index in [2.05, 4.69) is 20.3 Å². The molecule has 0 aliphatic carbocycles. The molecule has 0 bridgehead atoms. The zero-order valence-corrected chi connectivity index (χ0v) is 21.5. The SMILES string of the molecule is COc1ccc(NS(=O)(=O)c2cc([N+](=O)[O-])ccc2N/N=C\c2c(C)nn(-c3ccc(F)cc3)c2Cl)cc1. The van der Waals surface area contributed by atoms with Crippen LogP contribution in [0.2, 0.25) is 5.15 Å². The van der Waals surface area contributed by atoms with Gasteiger partial charge in [-0.15, -0.1) is 0 Å². The van der Waals surface area contributed by atoms with Gasteiger partial charge in [-0.2, -0.15) is 10.2 Å². The van der Waals surface area contributed by atoms with Crippen LogP contribution in [0.15, 0.2) is 76.7 Å². The van der Waals surface area contributed by atoms with Crippen molar-refractivity contribution in [3.05, 3.63) is 99.1 Å². The molecule has 38 heavy (non-hydrogen) atoms. The summed E-state index contributed by atoms with van der Waals surface area (Å²) in [5, 5.41) is 19.9. The molecule has 1 heterocycles. The summed E-state index contributed by atoms with van der Waals surface area (Å²) >= 11 is 6.45. The summed E-state index contributed by atoms with van der Waals surface area (Å²) in [6.45, 7) is 1.69. The van der Waals surface area contributed by atoms with Crippen LogP contribution in [0.1, 0.15) is 11.3 Å². The van der Waals surface area contributed by atoms with E-state index in [1.54, 1.807) is 19.1 Å². The minimum Gasteiger partial charge on any atom is -0.497 e. The zero-order valence-electron chi connectivity index (χ0n) is 19.9. The number of methoxy groups -OCH3 is 1. The molecule has 0 aliphatic heterocycles. The van der Waals surface area contributed by atoms with Crippen LogP contribution in [-0.4, -0.2) is 36.4 Å². The second-order valence-corrected chi connectivity index (χ2v) is 9.83. The maximum atomic E-state index is 13.3. The standard InChI is InChI=1S/C24H20ClFN6O5S/c1-15-21(24(25)31(29-15)18-7-3-16(26)4-8-18)14-27-28-22-12-9-19(32(33)34)13-23(22)38(35,36)30-17-5-10-20(37-2)11-6-17/h3-14,28,30H,1-2H3/b27-14-. The molecular weight excluding hydrogens is 539 g/mol. The molecule has 0 saturated heterocycles. The van der Waals surface area contributed by atoms with Crippen LogP contribution in [0.5, 0.6) is 5.75 Å². The third-order valence-electron chi connectivity index (χ3n) is 5.31. The van der Waals surface area contributed by atoms with Crippen LogP contribution in [0, 0.1) is 22.9 Å². The number of ether oxygens (including phenoxy) is 1. The van der Waals surface area contributed by atoms with Crippen molar-refractivity contribution < 1.29 is 22.5 Å². The molecule has 0 spiro atoms. The number of hydrogen-bond acceptors (Lipinski definition) is 8. The number of nitrogens with one attached hydrogen (secondary N) is 2. The number of nitro groups is 1. The summed E-state index contributed by atoms with van der Waals surface area (Å²) in [5.74, 6) is 0.117. The smallest absolute Gasteiger partial charge is 0.270 e. The number of anilines is 2. The number of hydrazone groups is 1. The fourth-order valence-electron chi connectivity index (χ4n) is 3.39. The van der Waals surface area contributed by atoms with E-state index in [0.717, 1.165) is 12.1 Å². The first-order chi connectivity index (χ1) is 18.1. The average molecular weight is 559 g/mol. The van der Waals surface area contributed by atoms with Crippen molar-refractivity contribution in [2.75, 3.05) is 17.3 Å². The number of nitro benzene ring substituents is 1. The van der Waals surface area contributed by atoms with Crippen LogP contribution >= 0.6 is 11.6 Å². The third kappa shape index (κ3) is 5.74. The second kappa shape index (κ2) is 10.9. The van der Waals surface area contributed by atoms with Crippen LogP contribution in [0.4, 0.5) is 21.5 Å². The van der Waals surface area contributed by atoms with Gasteiger partial charge in [0.15, 0.2) is 0 Å². The second-order valence-electron chi connectivity index (χ2n) is 7.82. The lowest BCUT2D eigenvalue weighted by molar-refractivity contribution is -0.385. The molecule has 4 aromatic rings. The zero-order chi connectivity index (χ0) is 27.4. The first-order valence-corrected chi connectivity index (χ1v) is 12.7. The fraction of sp³-hybridized carbons (Fsp3) is 0.0833. The monoisotopic (exact) mass is 558 g/mol. The van der Waals surface area contributed by atoms with Gasteiger partial charge >= 0.3 is 0 Å². The van der Waals surface area contributed by atoms with E-state index < -0.39 is 31.3 Å². The minimum absolute atomic E-state index is 0.0208. The highest BCUT2D eigenvalue weighted by atomic mass is 35.5. The Labute approximate surface area is 221 Å². The van der Waals surface area contributed by atoms with Crippen molar-refractivity contribution in [2.24, 2.45) is 5.10 Å². The van der Waals surface area contributed by atoms with Gasteiger partial charge in [-0.3, -0.25) is 20.3 Å². The van der Waals surface area contributed by atoms with Gasteiger partial charge in [0.1, 0.15) is 21.6 Å². The van der Waals surface area contributed by atoms with Gasteiger partial charge in [0.25, 0.3) is 15.7 Å². The highest BCUT2D eigenvalue weighted by Gasteiger charge is 2.23. The highest BCUT2D eigenvalue weighted by Crippen LogP contribution is 2.29. The van der Waals surface area contributed by atoms with Gasteiger partial charge in [-0.25, -0.2) is 17.5 Å². The Balaban J connectivity index is 1.63. The third-order valence-corrected chi connectivity index (χ3v) is 7.09. The van der Waals surface area contributed by atoms with E-state index in [0.29, 0.717) is 22.7 Å². The van der Waals surface area contributed by atoms with Crippen molar-refractivity contribution >= 4 is 44.9 Å². The highest BCUT2D eigenvalue weighted by molar-refractivity contribution is 7.92. The van der Waals surface area contributed by atoms with E-state index in [1.165, 1.54) is 60.5 Å². The van der Waals surface area contributed by atoms with Crippen LogP contribution < -0.4 is 14.9 Å². The summed E-state index contributed by atoms with van der Waals surface area (Å²) in [5.41, 5.74) is 3.85. The van der Waals surface area contributed by atoms with Gasteiger partial charge in [-0.1, -0.05) is 11.6 Å². The first kappa shape index (κ1) is 26.6. The first-order valence-electron chi connectivity index (χ1n) is 10.8. The summed E-state index contributed by atoms with van der Waals surface area (Å²) in [6, 6.07) is 15.0. The van der Waals surface area contributed by atoms with E-state index in [-0.39, 0.29) is 16.5 Å². The lowest BCUT2D eigenvalue weighted by atomic mass is 10.3. The average Bonchev–Trinajstić information content (AvgIpc) is 3.17. The minimum atomic E-state index is -4.27. The molecule has 0 unspecified atom stereocenters. The molecule has 14 heteroatoms. The fourth-order valence-corrected chi connectivity index (χ4v) is 4.94. The Morgan fingerprint density at radius 3 is 2.45 bits per heavy atom. The Morgan fingerprint density at radius 2 is 1.82 bits per heavy atom. The normalized spacial score (nSPS) is 11.5. The molecule has 3 aromatic carbocycles. The molecule has 0 fully saturated rings. The van der Waals surface area contributed by atoms with Gasteiger partial charge < -0.3 is 4.74 Å². The summed E-state index contributed by atoms with van der Waals surface area (Å²) in [4.78, 5) is 10.2. The Hall–Kier alpha value is -4.49. The Kier molecular flexibility index (Phi) is 7.60. The molecule has 4 rings (SSSR count). The number of sulfonamides is 1. The molecule has 1 aromatic heterocycles. The summed E-state index contributed by atoms with van der Waals surface area (Å²) < 4.78 is 48.4. The molecular formula is C24H20ClFN6O5S. The van der Waals surface area contributed by atoms with Crippen molar-refractivity contribution in [3.63, 3.8) is 0 Å². The number of rotatable bonds is 9. The van der Waals surface area contributed by atoms with Crippen LogP contribution in [0.3, 0.4) is 0 Å². The molecule has 196 valence electrons. The van der Waals surface area contributed by atoms with Gasteiger partial charge in [-0.05, 0) is 61.5 Å². The van der Waals surface area contributed by atoms with Gasteiger partial charge in [0.05, 0.1) is 40.9 Å². The summed E-state index contributed by atoms with van der Waals surface area (Å²) in [7, 11) is -2.80. The van der Waals surface area contributed by atoms with Gasteiger partial charge in [0, 0.05) is 17.8 Å². The quantitative estimate of drug-likeness (QED) is 0.165. The maximum Gasteiger partial charge on any atom is 0.270 e. The number of benzene rings is 3. The van der Waals surface area contributed by atoms with Crippen molar-refractivity contribution in [1.82, 2.24) is 9.78 Å². The van der Waals surface area contributed by atoms with Crippen molar-refractivity contribution in [2.45, 2.75) is 11.8 Å². The van der Waals surface area contributed by atoms with E-state index >= 15 is 0 Å². The van der Waals surface area contributed by atoms with Crippen LogP contribution in [-0.2, 0) is 10.0 Å². The number of hydrogen-bond donors (Lipinski definition) is 2. The topological polar surface area (TPSA) is 141 Å². The van der Waals surface area contributed by atoms with E-state index in [1.807, 2.05) is 0 Å². The lowest BCUT2D eigenvalue weighted by Crippen LogP contribution is -2.15. The van der Waals surface area contributed by atoms with E-state index in [4.69, 9.17) is 16.3 Å². The maximum absolute atomic E-state index is 13.3. The number of aromatic nitrogens is 2. The molecule has 0 radical (unpaired) electrons. The van der Waals surface area contributed by atoms with Gasteiger partial charge in [0.2, 0.25) is 0 Å². The molecule has 2 N–H and O–H groups in total. The van der Waals surface area contributed by atoms with Crippen molar-refractivity contribution in [3.8, 4) is 11.4 Å². The predicted molar refractivity (Wildman–Crippen MR) is 141 cm³/mol. The van der Waals surface area contributed by atoms with Crippen molar-refractivity contribution in [1.29, 1.82) is 0 Å². The lowest BCUT2D eigenvalue weighted by Gasteiger charge is -2.12. The number of non-ortho nitro benzene ring substituents is 1.